The minimum Gasteiger partial charge on any atom is -0.493 e. The van der Waals surface area contributed by atoms with Crippen LogP contribution < -0.4 is 10.1 Å². The van der Waals surface area contributed by atoms with E-state index in [9.17, 15) is 4.79 Å². The zero-order chi connectivity index (χ0) is 14.5. The molecule has 1 aromatic rings. The smallest absolute Gasteiger partial charge is 0.333 e. The molecule has 0 atom stereocenters. The van der Waals surface area contributed by atoms with E-state index >= 15 is 0 Å². The van der Waals surface area contributed by atoms with Crippen molar-refractivity contribution in [2.45, 2.75) is 19.9 Å². The molecule has 1 N–H and O–H groups in total. The van der Waals surface area contributed by atoms with Gasteiger partial charge in [0.2, 0.25) is 0 Å². The first-order valence-corrected chi connectivity index (χ1v) is 7.31. The Labute approximate surface area is 127 Å². The fourth-order valence-corrected chi connectivity index (χ4v) is 2.71. The van der Waals surface area contributed by atoms with E-state index < -0.39 is 0 Å². The molecule has 4 nitrogen and oxygen atoms in total. The van der Waals surface area contributed by atoms with E-state index in [4.69, 9.17) is 4.74 Å². The number of halogens is 1. The van der Waals surface area contributed by atoms with Crippen molar-refractivity contribution in [1.29, 1.82) is 0 Å². The lowest BCUT2D eigenvalue weighted by Gasteiger charge is -2.09. The van der Waals surface area contributed by atoms with Crippen LogP contribution in [0.4, 0.5) is 0 Å². The van der Waals surface area contributed by atoms with E-state index in [1.54, 1.807) is 6.92 Å². The van der Waals surface area contributed by atoms with Gasteiger partial charge in [0.15, 0.2) is 0 Å². The third-order valence-corrected chi connectivity index (χ3v) is 3.66. The Morgan fingerprint density at radius 3 is 3.10 bits per heavy atom. The average Bonchev–Trinajstić information content (AvgIpc) is 2.90. The molecule has 20 heavy (non-hydrogen) atoms. The Balaban J connectivity index is 1.94. The van der Waals surface area contributed by atoms with Gasteiger partial charge in [0.1, 0.15) is 5.75 Å². The number of ether oxygens (including phenoxy) is 2. The van der Waals surface area contributed by atoms with Crippen LogP contribution in [-0.2, 0) is 22.5 Å². The molecular weight excluding hydrogens is 322 g/mol. The monoisotopic (exact) mass is 339 g/mol. The summed E-state index contributed by atoms with van der Waals surface area (Å²) in [7, 11) is 1.38. The summed E-state index contributed by atoms with van der Waals surface area (Å²) in [4.78, 5) is 11.2. The van der Waals surface area contributed by atoms with Gasteiger partial charge in [-0.15, -0.1) is 0 Å². The van der Waals surface area contributed by atoms with Crippen LogP contribution in [-0.4, -0.2) is 26.2 Å². The maximum Gasteiger partial charge on any atom is 0.333 e. The second-order valence-corrected chi connectivity index (χ2v) is 5.58. The molecule has 0 fully saturated rings. The molecule has 0 aliphatic carbocycles. The lowest BCUT2D eigenvalue weighted by Crippen LogP contribution is -2.15. The lowest BCUT2D eigenvalue weighted by molar-refractivity contribution is -0.136. The average molecular weight is 340 g/mol. The molecule has 0 spiro atoms. The number of carbonyl (C=O) groups excluding carboxylic acids is 1. The van der Waals surface area contributed by atoms with E-state index in [1.165, 1.54) is 12.7 Å². The summed E-state index contributed by atoms with van der Waals surface area (Å²) >= 11 is 3.52. The van der Waals surface area contributed by atoms with Crippen LogP contribution in [0.15, 0.2) is 28.3 Å². The van der Waals surface area contributed by atoms with Crippen LogP contribution in [0.2, 0.25) is 0 Å². The molecule has 0 bridgehead atoms. The van der Waals surface area contributed by atoms with E-state index in [0.29, 0.717) is 18.7 Å². The molecule has 1 heterocycles. The van der Waals surface area contributed by atoms with E-state index in [-0.39, 0.29) is 5.97 Å². The summed E-state index contributed by atoms with van der Waals surface area (Å²) in [5, 5.41) is 3.28. The van der Waals surface area contributed by atoms with E-state index in [2.05, 4.69) is 38.1 Å². The third-order valence-electron chi connectivity index (χ3n) is 3.20. The van der Waals surface area contributed by atoms with Gasteiger partial charge in [-0.3, -0.25) is 0 Å². The molecule has 1 aromatic carbocycles. The number of nitrogens with one attached hydrogen (secondary N) is 1. The van der Waals surface area contributed by atoms with Gasteiger partial charge in [-0.05, 0) is 24.6 Å². The standard InChI is InChI=1S/C15H18BrNO3/c1-10(15(18)19-2)3-5-17-9-12-8-13(16)7-11-4-6-20-14(11)12/h3,7-8,17H,4-6,9H2,1-2H3/b10-3+. The highest BCUT2D eigenvalue weighted by atomic mass is 79.9. The Kier molecular flexibility index (Phi) is 5.20. The van der Waals surface area contributed by atoms with Crippen LogP contribution >= 0.6 is 15.9 Å². The molecule has 0 amide bonds. The highest BCUT2D eigenvalue weighted by Gasteiger charge is 2.16. The van der Waals surface area contributed by atoms with Crippen molar-refractivity contribution in [2.75, 3.05) is 20.3 Å². The normalized spacial score (nSPS) is 13.8. The van der Waals surface area contributed by atoms with Crippen molar-refractivity contribution >= 4 is 21.9 Å². The molecule has 1 aliphatic rings. The first kappa shape index (κ1) is 15.1. The molecule has 1 aliphatic heterocycles. The van der Waals surface area contributed by atoms with Crippen molar-refractivity contribution in [2.24, 2.45) is 0 Å². The fourth-order valence-electron chi connectivity index (χ4n) is 2.15. The number of methoxy groups -OCH3 is 1. The summed E-state index contributed by atoms with van der Waals surface area (Å²) in [5.41, 5.74) is 2.99. The first-order chi connectivity index (χ1) is 9.61. The largest absolute Gasteiger partial charge is 0.493 e. The number of fused-ring (bicyclic) bond motifs is 1. The first-order valence-electron chi connectivity index (χ1n) is 6.51. The molecule has 0 radical (unpaired) electrons. The predicted octanol–water partition coefficient (Wildman–Crippen LogP) is 2.59. The van der Waals surface area contributed by atoms with Crippen molar-refractivity contribution < 1.29 is 14.3 Å². The Morgan fingerprint density at radius 1 is 1.55 bits per heavy atom. The van der Waals surface area contributed by atoms with Crippen molar-refractivity contribution in [1.82, 2.24) is 5.32 Å². The van der Waals surface area contributed by atoms with Gasteiger partial charge in [-0.25, -0.2) is 4.79 Å². The van der Waals surface area contributed by atoms with Gasteiger partial charge in [-0.1, -0.05) is 22.0 Å². The molecule has 0 aromatic heterocycles. The quantitative estimate of drug-likeness (QED) is 0.509. The highest BCUT2D eigenvalue weighted by molar-refractivity contribution is 9.10. The van der Waals surface area contributed by atoms with Gasteiger partial charge in [0, 0.05) is 35.1 Å². The van der Waals surface area contributed by atoms with Crippen LogP contribution in [0.3, 0.4) is 0 Å². The molecule has 0 saturated carbocycles. The van der Waals surface area contributed by atoms with Gasteiger partial charge in [0.25, 0.3) is 0 Å². The SMILES string of the molecule is COC(=O)/C(C)=C/CNCc1cc(Br)cc2c1OCC2. The number of benzene rings is 1. The molecule has 5 heteroatoms. The molecule has 0 saturated heterocycles. The second-order valence-electron chi connectivity index (χ2n) is 4.66. The number of carbonyl (C=O) groups is 1. The van der Waals surface area contributed by atoms with Gasteiger partial charge < -0.3 is 14.8 Å². The van der Waals surface area contributed by atoms with Gasteiger partial charge in [0.05, 0.1) is 13.7 Å². The lowest BCUT2D eigenvalue weighted by atomic mass is 10.1. The van der Waals surface area contributed by atoms with Crippen molar-refractivity contribution in [3.05, 3.63) is 39.4 Å². The summed E-state index contributed by atoms with van der Waals surface area (Å²) < 4.78 is 11.4. The van der Waals surface area contributed by atoms with Gasteiger partial charge in [-0.2, -0.15) is 0 Å². The summed E-state index contributed by atoms with van der Waals surface area (Å²) in [6.07, 6.45) is 2.79. The Hall–Kier alpha value is -1.33. The number of rotatable bonds is 5. The highest BCUT2D eigenvalue weighted by Crippen LogP contribution is 2.32. The molecule has 2 rings (SSSR count). The zero-order valence-electron chi connectivity index (χ0n) is 11.7. The van der Waals surface area contributed by atoms with Gasteiger partial charge >= 0.3 is 5.97 Å². The summed E-state index contributed by atoms with van der Waals surface area (Å²) in [5.74, 6) is 0.702. The zero-order valence-corrected chi connectivity index (χ0v) is 13.2. The maximum absolute atomic E-state index is 11.2. The topological polar surface area (TPSA) is 47.6 Å². The summed E-state index contributed by atoms with van der Waals surface area (Å²) in [6.45, 7) is 3.81. The fraction of sp³-hybridized carbons (Fsp3) is 0.400. The minimum absolute atomic E-state index is 0.293. The summed E-state index contributed by atoms with van der Waals surface area (Å²) in [6, 6.07) is 4.17. The van der Waals surface area contributed by atoms with Crippen molar-refractivity contribution in [3.8, 4) is 5.75 Å². The maximum atomic E-state index is 11.2. The molecule has 0 unspecified atom stereocenters. The van der Waals surface area contributed by atoms with Crippen LogP contribution in [0.1, 0.15) is 18.1 Å². The van der Waals surface area contributed by atoms with Crippen molar-refractivity contribution in [3.63, 3.8) is 0 Å². The van der Waals surface area contributed by atoms with Crippen LogP contribution in [0.5, 0.6) is 5.75 Å². The predicted molar refractivity (Wildman–Crippen MR) is 80.8 cm³/mol. The number of esters is 1. The molecule has 108 valence electrons. The number of hydrogen-bond donors (Lipinski definition) is 1. The van der Waals surface area contributed by atoms with E-state index in [1.807, 2.05) is 6.08 Å². The Morgan fingerprint density at radius 2 is 2.35 bits per heavy atom. The molecular formula is C15H18BrNO3. The number of hydrogen-bond acceptors (Lipinski definition) is 4. The second kappa shape index (κ2) is 6.90. The van der Waals surface area contributed by atoms with E-state index in [0.717, 1.165) is 28.8 Å². The van der Waals surface area contributed by atoms with Crippen LogP contribution in [0.25, 0.3) is 0 Å². The van der Waals surface area contributed by atoms with Crippen LogP contribution in [0, 0.1) is 0 Å². The minimum atomic E-state index is -0.293. The Bertz CT molecular complexity index is 540. The third kappa shape index (κ3) is 3.61.